The van der Waals surface area contributed by atoms with Gasteiger partial charge in [-0.3, -0.25) is 9.59 Å². The summed E-state index contributed by atoms with van der Waals surface area (Å²) in [6.07, 6.45) is 1.40. The van der Waals surface area contributed by atoms with Gasteiger partial charge in [0.1, 0.15) is 11.6 Å². The maximum Gasteiger partial charge on any atom is 0.255 e. The summed E-state index contributed by atoms with van der Waals surface area (Å²) in [4.78, 5) is 27.5. The largest absolute Gasteiger partial charge is 0.439 e. The van der Waals surface area contributed by atoms with Crippen molar-refractivity contribution in [2.75, 3.05) is 5.32 Å². The van der Waals surface area contributed by atoms with Crippen molar-refractivity contribution in [1.29, 1.82) is 0 Å². The van der Waals surface area contributed by atoms with E-state index in [2.05, 4.69) is 26.2 Å². The average molecular weight is 430 g/mol. The highest BCUT2D eigenvalue weighted by molar-refractivity contribution is 9.10. The fourth-order valence-corrected chi connectivity index (χ4v) is 2.70. The summed E-state index contributed by atoms with van der Waals surface area (Å²) in [5, 5.41) is 2.62. The number of nitrogens with two attached hydrogens (primary N) is 1. The first kappa shape index (κ1) is 18.5. The topological polar surface area (TPSA) is 94.3 Å². The van der Waals surface area contributed by atoms with E-state index in [0.29, 0.717) is 21.5 Å². The van der Waals surface area contributed by atoms with E-state index in [1.54, 1.807) is 30.3 Å². The first-order valence-corrected chi connectivity index (χ1v) is 8.51. The van der Waals surface area contributed by atoms with Gasteiger partial charge in [0, 0.05) is 21.7 Å². The molecule has 3 aromatic rings. The zero-order chi connectivity index (χ0) is 19.4. The number of carbonyl (C=O) groups excluding carboxylic acids is 2. The summed E-state index contributed by atoms with van der Waals surface area (Å²) >= 11 is 3.14. The molecule has 8 heteroatoms. The summed E-state index contributed by atoms with van der Waals surface area (Å²) in [6, 6.07) is 13.4. The molecule has 2 amide bonds. The SMILES string of the molecule is NC(=O)c1cccc(Oc2ccc(NC(=O)c3cc(F)cc(Br)c3)cn2)c1. The van der Waals surface area contributed by atoms with E-state index in [1.165, 1.54) is 24.4 Å². The van der Waals surface area contributed by atoms with Crippen molar-refractivity contribution in [2.45, 2.75) is 0 Å². The number of benzene rings is 2. The van der Waals surface area contributed by atoms with Gasteiger partial charge < -0.3 is 15.8 Å². The van der Waals surface area contributed by atoms with Crippen molar-refractivity contribution in [1.82, 2.24) is 4.98 Å². The van der Waals surface area contributed by atoms with Crippen LogP contribution in [0.3, 0.4) is 0 Å². The Balaban J connectivity index is 1.69. The number of nitrogens with one attached hydrogen (secondary N) is 1. The number of halogens is 2. The number of pyridine rings is 1. The first-order valence-electron chi connectivity index (χ1n) is 7.72. The second-order valence-electron chi connectivity index (χ2n) is 5.49. The average Bonchev–Trinajstić information content (AvgIpc) is 2.63. The summed E-state index contributed by atoms with van der Waals surface area (Å²) in [6.45, 7) is 0. The Morgan fingerprint density at radius 3 is 2.56 bits per heavy atom. The molecule has 0 aliphatic rings. The van der Waals surface area contributed by atoms with Gasteiger partial charge in [-0.2, -0.15) is 0 Å². The predicted octanol–water partition coefficient (Wildman–Crippen LogP) is 4.13. The van der Waals surface area contributed by atoms with Gasteiger partial charge in [0.15, 0.2) is 0 Å². The van der Waals surface area contributed by atoms with E-state index >= 15 is 0 Å². The zero-order valence-electron chi connectivity index (χ0n) is 13.8. The van der Waals surface area contributed by atoms with Crippen LogP contribution in [0.5, 0.6) is 11.6 Å². The highest BCUT2D eigenvalue weighted by Crippen LogP contribution is 2.22. The highest BCUT2D eigenvalue weighted by Gasteiger charge is 2.10. The first-order chi connectivity index (χ1) is 12.9. The lowest BCUT2D eigenvalue weighted by molar-refractivity contribution is 0.0997. The maximum atomic E-state index is 13.4. The molecule has 2 aromatic carbocycles. The molecule has 6 nitrogen and oxygen atoms in total. The number of hydrogen-bond donors (Lipinski definition) is 2. The van der Waals surface area contributed by atoms with Crippen molar-refractivity contribution in [2.24, 2.45) is 5.73 Å². The molecular formula is C19H13BrFN3O3. The molecule has 0 aliphatic carbocycles. The minimum absolute atomic E-state index is 0.172. The van der Waals surface area contributed by atoms with Crippen LogP contribution in [0.4, 0.5) is 10.1 Å². The van der Waals surface area contributed by atoms with Gasteiger partial charge in [0.2, 0.25) is 11.8 Å². The Bertz CT molecular complexity index is 989. The summed E-state index contributed by atoms with van der Waals surface area (Å²) in [5.74, 6) is -0.881. The number of hydrogen-bond acceptors (Lipinski definition) is 4. The van der Waals surface area contributed by atoms with Crippen LogP contribution in [0.1, 0.15) is 20.7 Å². The molecule has 0 saturated carbocycles. The molecule has 3 rings (SSSR count). The number of aromatic nitrogens is 1. The number of ether oxygens (including phenoxy) is 1. The Morgan fingerprint density at radius 2 is 1.89 bits per heavy atom. The van der Waals surface area contributed by atoms with E-state index in [4.69, 9.17) is 10.5 Å². The quantitative estimate of drug-likeness (QED) is 0.637. The van der Waals surface area contributed by atoms with Gasteiger partial charge in [-0.25, -0.2) is 9.37 Å². The van der Waals surface area contributed by atoms with E-state index in [1.807, 2.05) is 0 Å². The second-order valence-corrected chi connectivity index (χ2v) is 6.41. The van der Waals surface area contributed by atoms with Crippen LogP contribution in [-0.2, 0) is 0 Å². The number of rotatable bonds is 5. The van der Waals surface area contributed by atoms with Crippen LogP contribution in [0.2, 0.25) is 0 Å². The molecule has 0 bridgehead atoms. The molecule has 0 aliphatic heterocycles. The van der Waals surface area contributed by atoms with E-state index in [9.17, 15) is 14.0 Å². The van der Waals surface area contributed by atoms with Crippen LogP contribution in [0.15, 0.2) is 65.3 Å². The third kappa shape index (κ3) is 4.89. The number of anilines is 1. The van der Waals surface area contributed by atoms with E-state index < -0.39 is 17.6 Å². The molecule has 0 saturated heterocycles. The van der Waals surface area contributed by atoms with Crippen LogP contribution in [0.25, 0.3) is 0 Å². The molecule has 0 atom stereocenters. The van der Waals surface area contributed by atoms with E-state index in [-0.39, 0.29) is 11.4 Å². The summed E-state index contributed by atoms with van der Waals surface area (Å²) in [5.41, 5.74) is 6.14. The predicted molar refractivity (Wildman–Crippen MR) is 101 cm³/mol. The lowest BCUT2D eigenvalue weighted by Crippen LogP contribution is -2.12. The third-order valence-corrected chi connectivity index (χ3v) is 3.92. The Kier molecular flexibility index (Phi) is 5.46. The highest BCUT2D eigenvalue weighted by atomic mass is 79.9. The van der Waals surface area contributed by atoms with Crippen LogP contribution >= 0.6 is 15.9 Å². The third-order valence-electron chi connectivity index (χ3n) is 3.46. The Morgan fingerprint density at radius 1 is 1.07 bits per heavy atom. The van der Waals surface area contributed by atoms with E-state index in [0.717, 1.165) is 6.07 Å². The van der Waals surface area contributed by atoms with Crippen molar-refractivity contribution in [3.05, 3.63) is 82.2 Å². The van der Waals surface area contributed by atoms with Gasteiger partial charge in [-0.05, 0) is 42.5 Å². The van der Waals surface area contributed by atoms with Crippen molar-refractivity contribution >= 4 is 33.4 Å². The van der Waals surface area contributed by atoms with Gasteiger partial charge in [0.25, 0.3) is 5.91 Å². The lowest BCUT2D eigenvalue weighted by Gasteiger charge is -2.08. The van der Waals surface area contributed by atoms with Crippen LogP contribution in [-0.4, -0.2) is 16.8 Å². The number of primary amides is 1. The minimum atomic E-state index is -0.560. The smallest absolute Gasteiger partial charge is 0.255 e. The van der Waals surface area contributed by atoms with Gasteiger partial charge in [0.05, 0.1) is 11.9 Å². The molecule has 0 unspecified atom stereocenters. The monoisotopic (exact) mass is 429 g/mol. The molecule has 1 heterocycles. The Hall–Kier alpha value is -3.26. The fourth-order valence-electron chi connectivity index (χ4n) is 2.24. The van der Waals surface area contributed by atoms with Gasteiger partial charge >= 0.3 is 0 Å². The molecule has 136 valence electrons. The molecule has 1 aromatic heterocycles. The van der Waals surface area contributed by atoms with Crippen molar-refractivity contribution in [3.63, 3.8) is 0 Å². The van der Waals surface area contributed by atoms with Crippen LogP contribution < -0.4 is 15.8 Å². The second kappa shape index (κ2) is 7.96. The molecular weight excluding hydrogens is 417 g/mol. The maximum absolute atomic E-state index is 13.4. The Labute approximate surface area is 162 Å². The fraction of sp³-hybridized carbons (Fsp3) is 0. The number of nitrogens with zero attached hydrogens (tertiary/aromatic N) is 1. The zero-order valence-corrected chi connectivity index (χ0v) is 15.4. The molecule has 0 fully saturated rings. The van der Waals surface area contributed by atoms with Crippen molar-refractivity contribution < 1.29 is 18.7 Å². The number of carbonyl (C=O) groups is 2. The van der Waals surface area contributed by atoms with Gasteiger partial charge in [-0.1, -0.05) is 22.0 Å². The lowest BCUT2D eigenvalue weighted by atomic mass is 10.2. The minimum Gasteiger partial charge on any atom is -0.439 e. The molecule has 3 N–H and O–H groups in total. The molecule has 27 heavy (non-hydrogen) atoms. The molecule has 0 spiro atoms. The molecule has 0 radical (unpaired) electrons. The normalized spacial score (nSPS) is 10.3. The van der Waals surface area contributed by atoms with Crippen molar-refractivity contribution in [3.8, 4) is 11.6 Å². The van der Waals surface area contributed by atoms with Gasteiger partial charge in [-0.15, -0.1) is 0 Å². The standard InChI is InChI=1S/C19H13BrFN3O3/c20-13-6-12(7-14(21)9-13)19(26)24-15-4-5-17(23-10-15)27-16-3-1-2-11(8-16)18(22)25/h1-10H,(H2,22,25)(H,24,26). The summed E-state index contributed by atoms with van der Waals surface area (Å²) in [7, 11) is 0. The summed E-state index contributed by atoms with van der Waals surface area (Å²) < 4.78 is 19.4. The number of amides is 2. The van der Waals surface area contributed by atoms with Crippen LogP contribution in [0, 0.1) is 5.82 Å².